The minimum atomic E-state index is -0.368. The van der Waals surface area contributed by atoms with Crippen molar-refractivity contribution in [3.8, 4) is 11.4 Å². The molecule has 0 spiro atoms. The monoisotopic (exact) mass is 349 g/mol. The van der Waals surface area contributed by atoms with E-state index >= 15 is 0 Å². The van der Waals surface area contributed by atoms with Gasteiger partial charge in [0.25, 0.3) is 11.5 Å². The van der Waals surface area contributed by atoms with Gasteiger partial charge in [0.1, 0.15) is 0 Å². The molecular formula is C20H19N3O3. The average molecular weight is 349 g/mol. The van der Waals surface area contributed by atoms with Crippen molar-refractivity contribution in [2.75, 3.05) is 18.6 Å². The minimum absolute atomic E-state index is 0.0849. The topological polar surface area (TPSA) is 64.4 Å². The molecule has 0 aliphatic carbocycles. The van der Waals surface area contributed by atoms with Crippen LogP contribution in [0.25, 0.3) is 5.69 Å². The standard InChI is InChI=1S/C20H19N3O3/c1-3-22(15-10-6-4-7-11-15)20(25)19-17(26-2)14-18(24)23(21-19)16-12-8-5-9-13-16/h4-14H,3H2,1-2H3. The van der Waals surface area contributed by atoms with Crippen LogP contribution in [-0.4, -0.2) is 29.3 Å². The first-order valence-electron chi connectivity index (χ1n) is 8.26. The first kappa shape index (κ1) is 17.4. The Bertz CT molecular complexity index is 953. The van der Waals surface area contributed by atoms with Gasteiger partial charge in [-0.3, -0.25) is 9.59 Å². The van der Waals surface area contributed by atoms with Gasteiger partial charge in [-0.05, 0) is 31.2 Å². The third kappa shape index (κ3) is 3.35. The van der Waals surface area contributed by atoms with Crippen LogP contribution in [0.4, 0.5) is 5.69 Å². The molecule has 1 heterocycles. The van der Waals surface area contributed by atoms with Crippen molar-refractivity contribution in [3.05, 3.63) is 82.8 Å². The van der Waals surface area contributed by atoms with Crippen molar-refractivity contribution < 1.29 is 9.53 Å². The van der Waals surface area contributed by atoms with Gasteiger partial charge >= 0.3 is 0 Å². The van der Waals surface area contributed by atoms with E-state index < -0.39 is 0 Å². The molecule has 1 amide bonds. The van der Waals surface area contributed by atoms with Crippen LogP contribution in [0.2, 0.25) is 0 Å². The van der Waals surface area contributed by atoms with Crippen LogP contribution in [0.3, 0.4) is 0 Å². The first-order chi connectivity index (χ1) is 12.7. The number of rotatable bonds is 5. The van der Waals surface area contributed by atoms with Crippen molar-refractivity contribution >= 4 is 11.6 Å². The van der Waals surface area contributed by atoms with Crippen LogP contribution in [-0.2, 0) is 0 Å². The molecule has 2 aromatic carbocycles. The molecule has 3 aromatic rings. The number of anilines is 1. The quantitative estimate of drug-likeness (QED) is 0.710. The highest BCUT2D eigenvalue weighted by Gasteiger charge is 2.23. The number of methoxy groups -OCH3 is 1. The maximum Gasteiger partial charge on any atom is 0.282 e. The van der Waals surface area contributed by atoms with Gasteiger partial charge in [-0.2, -0.15) is 9.78 Å². The second kappa shape index (κ2) is 7.65. The summed E-state index contributed by atoms with van der Waals surface area (Å²) in [5.74, 6) is -0.179. The fourth-order valence-corrected chi connectivity index (χ4v) is 2.68. The van der Waals surface area contributed by atoms with Crippen molar-refractivity contribution in [1.82, 2.24) is 9.78 Å². The Kier molecular flexibility index (Phi) is 5.12. The van der Waals surface area contributed by atoms with Crippen molar-refractivity contribution in [2.24, 2.45) is 0 Å². The lowest BCUT2D eigenvalue weighted by molar-refractivity contribution is 0.0978. The predicted molar refractivity (Wildman–Crippen MR) is 100 cm³/mol. The van der Waals surface area contributed by atoms with Crippen LogP contribution >= 0.6 is 0 Å². The number of aromatic nitrogens is 2. The number of ether oxygens (including phenoxy) is 1. The molecule has 0 saturated carbocycles. The van der Waals surface area contributed by atoms with E-state index in [1.807, 2.05) is 43.3 Å². The maximum absolute atomic E-state index is 13.1. The summed E-state index contributed by atoms with van der Waals surface area (Å²) in [6.07, 6.45) is 0. The fraction of sp³-hybridized carbons (Fsp3) is 0.150. The van der Waals surface area contributed by atoms with Gasteiger partial charge in [0.05, 0.1) is 18.9 Å². The molecule has 6 nitrogen and oxygen atoms in total. The molecule has 0 aliphatic heterocycles. The van der Waals surface area contributed by atoms with Gasteiger partial charge in [0, 0.05) is 12.2 Å². The second-order valence-electron chi connectivity index (χ2n) is 5.53. The number of nitrogens with zero attached hydrogens (tertiary/aromatic N) is 3. The fourth-order valence-electron chi connectivity index (χ4n) is 2.68. The van der Waals surface area contributed by atoms with E-state index in [0.29, 0.717) is 12.2 Å². The predicted octanol–water partition coefficient (Wildman–Crippen LogP) is 2.91. The number of benzene rings is 2. The van der Waals surface area contributed by atoms with E-state index in [-0.39, 0.29) is 22.9 Å². The van der Waals surface area contributed by atoms with E-state index in [0.717, 1.165) is 5.69 Å². The third-order valence-corrected chi connectivity index (χ3v) is 3.95. The lowest BCUT2D eigenvalue weighted by atomic mass is 10.2. The second-order valence-corrected chi connectivity index (χ2v) is 5.53. The first-order valence-corrected chi connectivity index (χ1v) is 8.26. The normalized spacial score (nSPS) is 10.4. The van der Waals surface area contributed by atoms with Gasteiger partial charge < -0.3 is 9.64 Å². The maximum atomic E-state index is 13.1. The number of hydrogen-bond donors (Lipinski definition) is 0. The SMILES string of the molecule is CCN(C(=O)c1nn(-c2ccccc2)c(=O)cc1OC)c1ccccc1. The van der Waals surface area contributed by atoms with E-state index in [1.54, 1.807) is 29.2 Å². The summed E-state index contributed by atoms with van der Waals surface area (Å²) in [5, 5.41) is 4.30. The highest BCUT2D eigenvalue weighted by atomic mass is 16.5. The van der Waals surface area contributed by atoms with Gasteiger partial charge in [-0.1, -0.05) is 36.4 Å². The molecule has 0 bridgehead atoms. The summed E-state index contributed by atoms with van der Waals surface area (Å²) >= 11 is 0. The van der Waals surface area contributed by atoms with E-state index in [9.17, 15) is 9.59 Å². The summed E-state index contributed by atoms with van der Waals surface area (Å²) in [4.78, 5) is 27.1. The Labute approximate surface area is 151 Å². The van der Waals surface area contributed by atoms with Crippen LogP contribution < -0.4 is 15.2 Å². The highest BCUT2D eigenvalue weighted by molar-refractivity contribution is 6.06. The van der Waals surface area contributed by atoms with Gasteiger partial charge in [-0.25, -0.2) is 0 Å². The van der Waals surface area contributed by atoms with Crippen molar-refractivity contribution in [3.63, 3.8) is 0 Å². The molecule has 1 aromatic heterocycles. The molecule has 0 fully saturated rings. The zero-order valence-electron chi connectivity index (χ0n) is 14.6. The zero-order chi connectivity index (χ0) is 18.5. The summed E-state index contributed by atoms with van der Waals surface area (Å²) in [5.41, 5.74) is 1.05. The molecule has 26 heavy (non-hydrogen) atoms. The Morgan fingerprint density at radius 1 is 1.08 bits per heavy atom. The largest absolute Gasteiger partial charge is 0.494 e. The van der Waals surface area contributed by atoms with Gasteiger partial charge in [0.2, 0.25) is 0 Å². The number of amides is 1. The van der Waals surface area contributed by atoms with Gasteiger partial charge in [-0.15, -0.1) is 0 Å². The summed E-state index contributed by atoms with van der Waals surface area (Å²) < 4.78 is 6.45. The lowest BCUT2D eigenvalue weighted by Gasteiger charge is -2.21. The highest BCUT2D eigenvalue weighted by Crippen LogP contribution is 2.21. The number of hydrogen-bond acceptors (Lipinski definition) is 4. The summed E-state index contributed by atoms with van der Waals surface area (Å²) in [6, 6.07) is 19.5. The molecular weight excluding hydrogens is 330 g/mol. The zero-order valence-corrected chi connectivity index (χ0v) is 14.6. The van der Waals surface area contributed by atoms with Crippen LogP contribution in [0.5, 0.6) is 5.75 Å². The Morgan fingerprint density at radius 2 is 1.69 bits per heavy atom. The van der Waals surface area contributed by atoms with Gasteiger partial charge in [0.15, 0.2) is 11.4 Å². The Balaban J connectivity index is 2.11. The Hall–Kier alpha value is -3.41. The summed E-state index contributed by atoms with van der Waals surface area (Å²) in [7, 11) is 1.42. The van der Waals surface area contributed by atoms with Crippen LogP contribution in [0, 0.1) is 0 Å². The van der Waals surface area contributed by atoms with Crippen molar-refractivity contribution in [2.45, 2.75) is 6.92 Å². The lowest BCUT2D eigenvalue weighted by Crippen LogP contribution is -2.34. The Morgan fingerprint density at radius 3 is 2.27 bits per heavy atom. The molecule has 0 unspecified atom stereocenters. The van der Waals surface area contributed by atoms with E-state index in [4.69, 9.17) is 4.74 Å². The molecule has 3 rings (SSSR count). The van der Waals surface area contributed by atoms with Crippen molar-refractivity contribution in [1.29, 1.82) is 0 Å². The molecule has 0 aliphatic rings. The van der Waals surface area contributed by atoms with E-state index in [1.165, 1.54) is 17.9 Å². The van der Waals surface area contributed by atoms with Crippen LogP contribution in [0.1, 0.15) is 17.4 Å². The molecule has 0 N–H and O–H groups in total. The number of carbonyl (C=O) groups excluding carboxylic acids is 1. The van der Waals surface area contributed by atoms with Crippen LogP contribution in [0.15, 0.2) is 71.5 Å². The van der Waals surface area contributed by atoms with E-state index in [2.05, 4.69) is 5.10 Å². The molecule has 0 atom stereocenters. The number of carbonyl (C=O) groups is 1. The third-order valence-electron chi connectivity index (χ3n) is 3.95. The molecule has 0 saturated heterocycles. The average Bonchev–Trinajstić information content (AvgIpc) is 2.69. The number of para-hydroxylation sites is 2. The summed E-state index contributed by atoms with van der Waals surface area (Å²) in [6.45, 7) is 2.34. The molecule has 6 heteroatoms. The molecule has 0 radical (unpaired) electrons. The minimum Gasteiger partial charge on any atom is -0.494 e. The smallest absolute Gasteiger partial charge is 0.282 e. The molecule has 132 valence electrons.